The Kier molecular flexibility index (Phi) is 5.96. The summed E-state index contributed by atoms with van der Waals surface area (Å²) in [6.07, 6.45) is 14.0. The molecule has 0 aromatic carbocycles. The summed E-state index contributed by atoms with van der Waals surface area (Å²) in [7, 11) is 0. The lowest BCUT2D eigenvalue weighted by Crippen LogP contribution is -2.38. The zero-order valence-corrected chi connectivity index (χ0v) is 14.2. The van der Waals surface area contributed by atoms with Crippen LogP contribution in [0.4, 0.5) is 0 Å². The lowest BCUT2D eigenvalue weighted by atomic mass is 9.86. The second-order valence-electron chi connectivity index (χ2n) is 7.91. The number of amides is 1. The molecule has 0 unspecified atom stereocenters. The SMILES string of the molecule is O=C(COC(=O)C[C@@H]1C[C@H]2CC[C@@H]1C2)NC1CCCCCCC1. The Bertz CT molecular complexity index is 415. The van der Waals surface area contributed by atoms with Crippen LogP contribution in [0.5, 0.6) is 0 Å². The van der Waals surface area contributed by atoms with Crippen LogP contribution in [-0.2, 0) is 14.3 Å². The Morgan fingerprint density at radius 3 is 2.30 bits per heavy atom. The van der Waals surface area contributed by atoms with Gasteiger partial charge in [0.15, 0.2) is 6.61 Å². The summed E-state index contributed by atoms with van der Waals surface area (Å²) in [5.74, 6) is 1.78. The van der Waals surface area contributed by atoms with Gasteiger partial charge in [-0.2, -0.15) is 0 Å². The van der Waals surface area contributed by atoms with Crippen molar-refractivity contribution in [2.75, 3.05) is 6.61 Å². The monoisotopic (exact) mass is 321 g/mol. The first-order valence-corrected chi connectivity index (χ1v) is 9.65. The molecule has 0 spiro atoms. The van der Waals surface area contributed by atoms with Gasteiger partial charge in [0.2, 0.25) is 0 Å². The first-order valence-electron chi connectivity index (χ1n) is 9.65. The number of esters is 1. The second kappa shape index (κ2) is 8.16. The molecule has 3 saturated carbocycles. The van der Waals surface area contributed by atoms with Gasteiger partial charge in [-0.05, 0) is 49.9 Å². The third-order valence-electron chi connectivity index (χ3n) is 6.15. The van der Waals surface area contributed by atoms with Gasteiger partial charge >= 0.3 is 5.97 Å². The van der Waals surface area contributed by atoms with Crippen LogP contribution in [0.2, 0.25) is 0 Å². The number of nitrogens with one attached hydrogen (secondary N) is 1. The number of carbonyl (C=O) groups is 2. The molecule has 0 heterocycles. The Morgan fingerprint density at radius 2 is 1.65 bits per heavy atom. The predicted octanol–water partition coefficient (Wildman–Crippen LogP) is 3.59. The van der Waals surface area contributed by atoms with Crippen LogP contribution < -0.4 is 5.32 Å². The molecule has 1 amide bonds. The summed E-state index contributed by atoms with van der Waals surface area (Å²) in [6.45, 7) is -0.101. The smallest absolute Gasteiger partial charge is 0.306 e. The van der Waals surface area contributed by atoms with Gasteiger partial charge in [-0.15, -0.1) is 0 Å². The molecule has 3 rings (SSSR count). The molecule has 4 nitrogen and oxygen atoms in total. The molecule has 23 heavy (non-hydrogen) atoms. The quantitative estimate of drug-likeness (QED) is 0.787. The summed E-state index contributed by atoms with van der Waals surface area (Å²) in [4.78, 5) is 24.0. The molecule has 1 N–H and O–H groups in total. The third kappa shape index (κ3) is 4.95. The summed E-state index contributed by atoms with van der Waals surface area (Å²) in [5, 5.41) is 3.05. The van der Waals surface area contributed by atoms with E-state index in [1.807, 2.05) is 0 Å². The summed E-state index contributed by atoms with van der Waals surface area (Å²) < 4.78 is 5.22. The van der Waals surface area contributed by atoms with E-state index in [0.29, 0.717) is 12.3 Å². The number of carbonyl (C=O) groups excluding carboxylic acids is 2. The molecule has 3 aliphatic carbocycles. The van der Waals surface area contributed by atoms with Crippen molar-refractivity contribution in [3.05, 3.63) is 0 Å². The highest BCUT2D eigenvalue weighted by molar-refractivity contribution is 5.80. The van der Waals surface area contributed by atoms with E-state index in [1.54, 1.807) is 0 Å². The van der Waals surface area contributed by atoms with Gasteiger partial charge in [0, 0.05) is 12.5 Å². The molecule has 3 atom stereocenters. The van der Waals surface area contributed by atoms with Crippen LogP contribution in [-0.4, -0.2) is 24.5 Å². The normalized spacial score (nSPS) is 31.4. The van der Waals surface area contributed by atoms with Crippen LogP contribution in [0.15, 0.2) is 0 Å². The van der Waals surface area contributed by atoms with E-state index in [-0.39, 0.29) is 24.5 Å². The fraction of sp³-hybridized carbons (Fsp3) is 0.895. The van der Waals surface area contributed by atoms with E-state index in [4.69, 9.17) is 4.74 Å². The molecule has 130 valence electrons. The van der Waals surface area contributed by atoms with Gasteiger partial charge in [0.1, 0.15) is 0 Å². The van der Waals surface area contributed by atoms with Gasteiger partial charge in [0.25, 0.3) is 5.91 Å². The number of hydrogen-bond acceptors (Lipinski definition) is 3. The highest BCUT2D eigenvalue weighted by atomic mass is 16.5. The molecular formula is C19H31NO3. The molecule has 3 aliphatic rings. The van der Waals surface area contributed by atoms with Crippen molar-refractivity contribution in [3.8, 4) is 0 Å². The van der Waals surface area contributed by atoms with Crippen molar-refractivity contribution in [2.24, 2.45) is 17.8 Å². The van der Waals surface area contributed by atoms with E-state index in [9.17, 15) is 9.59 Å². The Balaban J connectivity index is 1.32. The minimum atomic E-state index is -0.185. The molecule has 2 bridgehead atoms. The molecule has 0 radical (unpaired) electrons. The van der Waals surface area contributed by atoms with E-state index < -0.39 is 0 Å². The fourth-order valence-electron chi connectivity index (χ4n) is 4.92. The maximum Gasteiger partial charge on any atom is 0.306 e. The minimum absolute atomic E-state index is 0.101. The van der Waals surface area contributed by atoms with Crippen molar-refractivity contribution in [2.45, 2.75) is 83.1 Å². The van der Waals surface area contributed by atoms with E-state index in [2.05, 4.69) is 5.32 Å². The van der Waals surface area contributed by atoms with Gasteiger partial charge in [-0.3, -0.25) is 9.59 Å². The van der Waals surface area contributed by atoms with Gasteiger partial charge in [0.05, 0.1) is 0 Å². The van der Waals surface area contributed by atoms with Crippen LogP contribution >= 0.6 is 0 Å². The van der Waals surface area contributed by atoms with Crippen LogP contribution in [0.1, 0.15) is 77.0 Å². The molecular weight excluding hydrogens is 290 g/mol. The largest absolute Gasteiger partial charge is 0.456 e. The molecule has 0 aromatic rings. The predicted molar refractivity (Wildman–Crippen MR) is 88.8 cm³/mol. The minimum Gasteiger partial charge on any atom is -0.456 e. The standard InChI is InChI=1S/C19H31NO3/c21-18(20-17-6-4-2-1-3-5-7-17)13-23-19(22)12-16-11-14-8-9-15(16)10-14/h14-17H,1-13H2,(H,20,21)/t14-,15+,16-/m0/s1. The maximum absolute atomic E-state index is 12.0. The van der Waals surface area contributed by atoms with E-state index in [0.717, 1.165) is 24.7 Å². The first-order chi connectivity index (χ1) is 11.2. The second-order valence-corrected chi connectivity index (χ2v) is 7.91. The van der Waals surface area contributed by atoms with Crippen molar-refractivity contribution in [1.82, 2.24) is 5.32 Å². The van der Waals surface area contributed by atoms with Gasteiger partial charge < -0.3 is 10.1 Å². The molecule has 3 fully saturated rings. The van der Waals surface area contributed by atoms with Crippen molar-refractivity contribution < 1.29 is 14.3 Å². The molecule has 0 aliphatic heterocycles. The number of fused-ring (bicyclic) bond motifs is 2. The van der Waals surface area contributed by atoms with E-state index in [1.165, 1.54) is 57.8 Å². The van der Waals surface area contributed by atoms with Crippen LogP contribution in [0.3, 0.4) is 0 Å². The van der Waals surface area contributed by atoms with Gasteiger partial charge in [-0.1, -0.05) is 38.5 Å². The maximum atomic E-state index is 12.0. The lowest BCUT2D eigenvalue weighted by molar-refractivity contribution is -0.150. The summed E-state index contributed by atoms with van der Waals surface area (Å²) in [6, 6.07) is 0.270. The molecule has 4 heteroatoms. The lowest BCUT2D eigenvalue weighted by Gasteiger charge is -2.22. The van der Waals surface area contributed by atoms with Crippen LogP contribution in [0, 0.1) is 17.8 Å². The Labute approximate surface area is 139 Å². The number of hydrogen-bond donors (Lipinski definition) is 1. The topological polar surface area (TPSA) is 55.4 Å². The first kappa shape index (κ1) is 16.8. The van der Waals surface area contributed by atoms with Crippen LogP contribution in [0.25, 0.3) is 0 Å². The average Bonchev–Trinajstić information content (AvgIpc) is 3.10. The Morgan fingerprint density at radius 1 is 0.913 bits per heavy atom. The van der Waals surface area contributed by atoms with Gasteiger partial charge in [-0.25, -0.2) is 0 Å². The number of ether oxygens (including phenoxy) is 1. The average molecular weight is 321 g/mol. The number of rotatable bonds is 5. The summed E-state index contributed by atoms with van der Waals surface area (Å²) in [5.41, 5.74) is 0. The highest BCUT2D eigenvalue weighted by Gasteiger charge is 2.40. The zero-order chi connectivity index (χ0) is 16.1. The van der Waals surface area contributed by atoms with Crippen molar-refractivity contribution in [3.63, 3.8) is 0 Å². The summed E-state index contributed by atoms with van der Waals surface area (Å²) >= 11 is 0. The highest BCUT2D eigenvalue weighted by Crippen LogP contribution is 2.49. The molecule has 0 aromatic heterocycles. The van der Waals surface area contributed by atoms with Crippen molar-refractivity contribution >= 4 is 11.9 Å². The fourth-order valence-corrected chi connectivity index (χ4v) is 4.92. The molecule has 0 saturated heterocycles. The van der Waals surface area contributed by atoms with Crippen molar-refractivity contribution in [1.29, 1.82) is 0 Å². The Hall–Kier alpha value is -1.06. The zero-order valence-electron chi connectivity index (χ0n) is 14.2. The third-order valence-corrected chi connectivity index (χ3v) is 6.15. The van der Waals surface area contributed by atoms with E-state index >= 15 is 0 Å².